The van der Waals surface area contributed by atoms with Gasteiger partial charge in [-0.05, 0) is 73.7 Å². The van der Waals surface area contributed by atoms with Crippen LogP contribution in [0.3, 0.4) is 0 Å². The molecule has 1 aromatic heterocycles. The number of carbonyl (C=O) groups excluding carboxylic acids is 1. The van der Waals surface area contributed by atoms with Crippen molar-refractivity contribution >= 4 is 22.7 Å². The van der Waals surface area contributed by atoms with Crippen LogP contribution in [-0.2, 0) is 4.79 Å². The SMILES string of the molecule is Cc1ccc(OCC(=O)Nc2cccc(-c3nc4cc(C(C)C)ccc4o3)c2C)c(C)c1. The first-order valence-corrected chi connectivity index (χ1v) is 10.8. The van der Waals surface area contributed by atoms with Gasteiger partial charge in [0.05, 0.1) is 0 Å². The Bertz CT molecular complexity index is 1290. The summed E-state index contributed by atoms with van der Waals surface area (Å²) in [5.41, 5.74) is 7.42. The molecule has 0 fully saturated rings. The summed E-state index contributed by atoms with van der Waals surface area (Å²) in [5, 5.41) is 2.95. The Morgan fingerprint density at radius 3 is 2.62 bits per heavy atom. The molecule has 4 aromatic rings. The lowest BCUT2D eigenvalue weighted by Gasteiger charge is -2.12. The fourth-order valence-electron chi connectivity index (χ4n) is 3.71. The van der Waals surface area contributed by atoms with Gasteiger partial charge in [0.2, 0.25) is 5.89 Å². The lowest BCUT2D eigenvalue weighted by atomic mass is 10.0. The molecule has 0 unspecified atom stereocenters. The van der Waals surface area contributed by atoms with E-state index in [-0.39, 0.29) is 12.5 Å². The second kappa shape index (κ2) is 8.87. The number of carbonyl (C=O) groups is 1. The molecule has 5 heteroatoms. The number of aromatic nitrogens is 1. The molecule has 0 spiro atoms. The molecule has 0 radical (unpaired) electrons. The Labute approximate surface area is 188 Å². The smallest absolute Gasteiger partial charge is 0.262 e. The van der Waals surface area contributed by atoms with E-state index in [9.17, 15) is 4.79 Å². The molecule has 1 amide bonds. The van der Waals surface area contributed by atoms with Crippen LogP contribution in [0.2, 0.25) is 0 Å². The highest BCUT2D eigenvalue weighted by molar-refractivity contribution is 5.93. The molecular formula is C27H28N2O3. The quantitative estimate of drug-likeness (QED) is 0.378. The predicted octanol–water partition coefficient (Wildman–Crippen LogP) is 6.56. The Morgan fingerprint density at radius 2 is 1.88 bits per heavy atom. The van der Waals surface area contributed by atoms with E-state index >= 15 is 0 Å². The molecule has 0 aliphatic rings. The first kappa shape index (κ1) is 21.6. The van der Waals surface area contributed by atoms with Crippen molar-refractivity contribution in [1.82, 2.24) is 4.98 Å². The van der Waals surface area contributed by atoms with Crippen molar-refractivity contribution in [2.24, 2.45) is 0 Å². The lowest BCUT2D eigenvalue weighted by Crippen LogP contribution is -2.21. The molecule has 32 heavy (non-hydrogen) atoms. The van der Waals surface area contributed by atoms with Gasteiger partial charge in [0, 0.05) is 11.3 Å². The van der Waals surface area contributed by atoms with Gasteiger partial charge in [-0.3, -0.25) is 4.79 Å². The van der Waals surface area contributed by atoms with Crippen LogP contribution in [0, 0.1) is 20.8 Å². The van der Waals surface area contributed by atoms with E-state index in [0.29, 0.717) is 23.2 Å². The van der Waals surface area contributed by atoms with Gasteiger partial charge < -0.3 is 14.5 Å². The third kappa shape index (κ3) is 4.52. The van der Waals surface area contributed by atoms with Crippen LogP contribution >= 0.6 is 0 Å². The zero-order valence-electron chi connectivity index (χ0n) is 19.2. The van der Waals surface area contributed by atoms with Crippen molar-refractivity contribution in [3.8, 4) is 17.2 Å². The Balaban J connectivity index is 1.52. The second-order valence-corrected chi connectivity index (χ2v) is 8.48. The van der Waals surface area contributed by atoms with Gasteiger partial charge >= 0.3 is 0 Å². The van der Waals surface area contributed by atoms with Crippen LogP contribution in [0.4, 0.5) is 5.69 Å². The first-order valence-electron chi connectivity index (χ1n) is 10.8. The fraction of sp³-hybridized carbons (Fsp3) is 0.259. The number of benzene rings is 3. The van der Waals surface area contributed by atoms with Crippen LogP contribution in [0.1, 0.15) is 42.0 Å². The molecule has 1 N–H and O–H groups in total. The van der Waals surface area contributed by atoms with Crippen molar-refractivity contribution in [2.45, 2.75) is 40.5 Å². The highest BCUT2D eigenvalue weighted by atomic mass is 16.5. The average molecular weight is 429 g/mol. The third-order valence-electron chi connectivity index (χ3n) is 5.61. The summed E-state index contributed by atoms with van der Waals surface area (Å²) in [6.07, 6.45) is 0. The summed E-state index contributed by atoms with van der Waals surface area (Å²) in [7, 11) is 0. The van der Waals surface area contributed by atoms with Gasteiger partial charge in [-0.1, -0.05) is 43.7 Å². The summed E-state index contributed by atoms with van der Waals surface area (Å²) < 4.78 is 11.7. The molecule has 5 nitrogen and oxygen atoms in total. The minimum absolute atomic E-state index is 0.0611. The summed E-state index contributed by atoms with van der Waals surface area (Å²) in [5.74, 6) is 1.46. The van der Waals surface area contributed by atoms with E-state index in [2.05, 4.69) is 31.3 Å². The maximum atomic E-state index is 12.5. The summed E-state index contributed by atoms with van der Waals surface area (Å²) >= 11 is 0. The zero-order valence-corrected chi connectivity index (χ0v) is 19.2. The van der Waals surface area contributed by atoms with Crippen LogP contribution < -0.4 is 10.1 Å². The molecule has 1 heterocycles. The number of amides is 1. The summed E-state index contributed by atoms with van der Waals surface area (Å²) in [6.45, 7) is 10.2. The predicted molar refractivity (Wildman–Crippen MR) is 128 cm³/mol. The van der Waals surface area contributed by atoms with Gasteiger partial charge in [0.15, 0.2) is 12.2 Å². The van der Waals surface area contributed by atoms with Gasteiger partial charge in [-0.25, -0.2) is 4.98 Å². The van der Waals surface area contributed by atoms with E-state index in [1.165, 1.54) is 5.56 Å². The Morgan fingerprint density at radius 1 is 1.06 bits per heavy atom. The fourth-order valence-corrected chi connectivity index (χ4v) is 3.71. The Kier molecular flexibility index (Phi) is 5.99. The molecule has 0 saturated heterocycles. The van der Waals surface area contributed by atoms with Gasteiger partial charge in [0.25, 0.3) is 5.91 Å². The van der Waals surface area contributed by atoms with Crippen LogP contribution in [-0.4, -0.2) is 17.5 Å². The third-order valence-corrected chi connectivity index (χ3v) is 5.61. The number of nitrogens with one attached hydrogen (secondary N) is 1. The number of nitrogens with zero attached hydrogens (tertiary/aromatic N) is 1. The maximum absolute atomic E-state index is 12.5. The van der Waals surface area contributed by atoms with Crippen LogP contribution in [0.25, 0.3) is 22.6 Å². The molecular weight excluding hydrogens is 400 g/mol. The van der Waals surface area contributed by atoms with Gasteiger partial charge in [0.1, 0.15) is 11.3 Å². The maximum Gasteiger partial charge on any atom is 0.262 e. The molecule has 4 rings (SSSR count). The number of ether oxygens (including phenoxy) is 1. The normalized spacial score (nSPS) is 11.2. The molecule has 164 valence electrons. The number of hydrogen-bond acceptors (Lipinski definition) is 4. The topological polar surface area (TPSA) is 64.4 Å². The van der Waals surface area contributed by atoms with Crippen molar-refractivity contribution in [1.29, 1.82) is 0 Å². The van der Waals surface area contributed by atoms with Gasteiger partial charge in [-0.2, -0.15) is 0 Å². The first-order chi connectivity index (χ1) is 15.3. The lowest BCUT2D eigenvalue weighted by molar-refractivity contribution is -0.118. The van der Waals surface area contributed by atoms with E-state index in [4.69, 9.17) is 14.1 Å². The van der Waals surface area contributed by atoms with E-state index in [1.54, 1.807) is 0 Å². The second-order valence-electron chi connectivity index (χ2n) is 8.48. The minimum atomic E-state index is -0.218. The molecule has 0 atom stereocenters. The average Bonchev–Trinajstić information content (AvgIpc) is 3.17. The standard InChI is InChI=1S/C27H28N2O3/c1-16(2)20-10-12-25-23(14-20)29-27(32-25)21-7-6-8-22(19(21)5)28-26(30)15-31-24-11-9-17(3)13-18(24)4/h6-14,16H,15H2,1-5H3,(H,28,30). The zero-order chi connectivity index (χ0) is 22.8. The number of rotatable bonds is 6. The summed E-state index contributed by atoms with van der Waals surface area (Å²) in [6, 6.07) is 17.7. The molecule has 0 aliphatic heterocycles. The number of hydrogen-bond donors (Lipinski definition) is 1. The van der Waals surface area contributed by atoms with Crippen LogP contribution in [0.5, 0.6) is 5.75 Å². The Hall–Kier alpha value is -3.60. The highest BCUT2D eigenvalue weighted by Crippen LogP contribution is 2.31. The molecule has 0 saturated carbocycles. The number of oxazole rings is 1. The van der Waals surface area contributed by atoms with Crippen molar-refractivity contribution in [3.63, 3.8) is 0 Å². The van der Waals surface area contributed by atoms with E-state index in [0.717, 1.165) is 33.4 Å². The molecule has 3 aromatic carbocycles. The van der Waals surface area contributed by atoms with Crippen molar-refractivity contribution in [2.75, 3.05) is 11.9 Å². The van der Waals surface area contributed by atoms with Crippen molar-refractivity contribution < 1.29 is 13.9 Å². The number of anilines is 1. The monoisotopic (exact) mass is 428 g/mol. The summed E-state index contributed by atoms with van der Waals surface area (Å²) in [4.78, 5) is 17.2. The van der Waals surface area contributed by atoms with E-state index < -0.39 is 0 Å². The van der Waals surface area contributed by atoms with Gasteiger partial charge in [-0.15, -0.1) is 0 Å². The highest BCUT2D eigenvalue weighted by Gasteiger charge is 2.15. The van der Waals surface area contributed by atoms with E-state index in [1.807, 2.05) is 63.2 Å². The molecule has 0 bridgehead atoms. The number of aryl methyl sites for hydroxylation is 2. The van der Waals surface area contributed by atoms with Crippen LogP contribution in [0.15, 0.2) is 59.0 Å². The molecule has 0 aliphatic carbocycles. The largest absolute Gasteiger partial charge is 0.483 e. The van der Waals surface area contributed by atoms with Crippen molar-refractivity contribution in [3.05, 3.63) is 76.9 Å². The number of fused-ring (bicyclic) bond motifs is 1. The minimum Gasteiger partial charge on any atom is -0.483 e.